The van der Waals surface area contributed by atoms with Crippen LogP contribution in [0.2, 0.25) is 0 Å². The van der Waals surface area contributed by atoms with Crippen molar-refractivity contribution >= 4 is 0 Å². The molecule has 1 aromatic rings. The van der Waals surface area contributed by atoms with Crippen LogP contribution in [0.5, 0.6) is 0 Å². The summed E-state index contributed by atoms with van der Waals surface area (Å²) in [4.78, 5) is 0. The predicted molar refractivity (Wildman–Crippen MR) is 59.6 cm³/mol. The highest BCUT2D eigenvalue weighted by Gasteiger charge is 2.40. The molecule has 14 heavy (non-hydrogen) atoms. The summed E-state index contributed by atoms with van der Waals surface area (Å²) < 4.78 is 0. The largest absolute Gasteiger partial charge is 0.0620 e. The fourth-order valence-corrected chi connectivity index (χ4v) is 3.51. The van der Waals surface area contributed by atoms with Crippen LogP contribution in [0.25, 0.3) is 0 Å². The summed E-state index contributed by atoms with van der Waals surface area (Å²) in [6.45, 7) is 2.44. The van der Waals surface area contributed by atoms with Crippen molar-refractivity contribution in [3.63, 3.8) is 0 Å². The molecule has 74 valence electrons. The van der Waals surface area contributed by atoms with Gasteiger partial charge in [-0.15, -0.1) is 0 Å². The van der Waals surface area contributed by atoms with Gasteiger partial charge in [0.1, 0.15) is 0 Å². The van der Waals surface area contributed by atoms with E-state index in [1.807, 2.05) is 0 Å². The fourth-order valence-electron chi connectivity index (χ4n) is 3.51. The Morgan fingerprint density at radius 2 is 1.71 bits per heavy atom. The van der Waals surface area contributed by atoms with Crippen LogP contribution >= 0.6 is 0 Å². The molecule has 0 aliphatic heterocycles. The van der Waals surface area contributed by atoms with E-state index in [1.165, 1.54) is 25.7 Å². The Kier molecular flexibility index (Phi) is 1.90. The highest BCUT2D eigenvalue weighted by atomic mass is 14.4. The van der Waals surface area contributed by atoms with Crippen LogP contribution in [0.1, 0.15) is 55.6 Å². The summed E-state index contributed by atoms with van der Waals surface area (Å²) in [5, 5.41) is 0. The van der Waals surface area contributed by atoms with E-state index in [1.54, 1.807) is 11.1 Å². The number of fused-ring (bicyclic) bond motifs is 4. The van der Waals surface area contributed by atoms with E-state index in [9.17, 15) is 0 Å². The smallest absolute Gasteiger partial charge is 0.00644 e. The molecule has 3 rings (SSSR count). The second kappa shape index (κ2) is 3.12. The van der Waals surface area contributed by atoms with Crippen molar-refractivity contribution in [2.24, 2.45) is 5.92 Å². The summed E-state index contributed by atoms with van der Waals surface area (Å²) in [6.07, 6.45) is 5.77. The summed E-state index contributed by atoms with van der Waals surface area (Å²) >= 11 is 0. The van der Waals surface area contributed by atoms with Gasteiger partial charge in [0, 0.05) is 0 Å². The molecule has 0 N–H and O–H groups in total. The van der Waals surface area contributed by atoms with Crippen molar-refractivity contribution in [1.82, 2.24) is 0 Å². The summed E-state index contributed by atoms with van der Waals surface area (Å²) in [6, 6.07) is 9.09. The highest BCUT2D eigenvalue weighted by molar-refractivity contribution is 5.45. The maximum atomic E-state index is 2.44. The first-order chi connectivity index (χ1) is 6.88. The molecule has 0 spiro atoms. The lowest BCUT2D eigenvalue weighted by atomic mass is 9.62. The second-order valence-corrected chi connectivity index (χ2v) is 5.02. The van der Waals surface area contributed by atoms with Crippen molar-refractivity contribution in [1.29, 1.82) is 0 Å². The van der Waals surface area contributed by atoms with Crippen LogP contribution in [-0.4, -0.2) is 0 Å². The van der Waals surface area contributed by atoms with Crippen molar-refractivity contribution in [2.75, 3.05) is 0 Å². The number of rotatable bonds is 0. The standard InChI is InChI=1S/C14H18/c1-10-6-2-3-8-12-11-7-4-5-9-13(11)14(10)12/h4-5,7,9-10,12,14H,2-3,6,8H2,1H3. The molecule has 2 aliphatic carbocycles. The third kappa shape index (κ3) is 1.06. The Morgan fingerprint density at radius 1 is 1.00 bits per heavy atom. The van der Waals surface area contributed by atoms with Gasteiger partial charge in [-0.25, -0.2) is 0 Å². The van der Waals surface area contributed by atoms with Crippen LogP contribution in [0.3, 0.4) is 0 Å². The normalized spacial score (nSPS) is 35.1. The molecule has 0 heterocycles. The average Bonchev–Trinajstić information content (AvgIpc) is 2.33. The Hall–Kier alpha value is -0.780. The Morgan fingerprint density at radius 3 is 2.57 bits per heavy atom. The highest BCUT2D eigenvalue weighted by Crippen LogP contribution is 2.55. The minimum absolute atomic E-state index is 0.897. The molecular formula is C14H18. The molecule has 0 amide bonds. The van der Waals surface area contributed by atoms with E-state index in [4.69, 9.17) is 0 Å². The van der Waals surface area contributed by atoms with Crippen LogP contribution in [0.15, 0.2) is 24.3 Å². The van der Waals surface area contributed by atoms with Crippen molar-refractivity contribution in [3.05, 3.63) is 35.4 Å². The molecule has 0 nitrogen and oxygen atoms in total. The predicted octanol–water partition coefficient (Wildman–Crippen LogP) is 4.08. The maximum Gasteiger partial charge on any atom is -0.00644 e. The van der Waals surface area contributed by atoms with Gasteiger partial charge >= 0.3 is 0 Å². The minimum Gasteiger partial charge on any atom is -0.0620 e. The van der Waals surface area contributed by atoms with Crippen molar-refractivity contribution in [3.8, 4) is 0 Å². The molecular weight excluding hydrogens is 168 g/mol. The van der Waals surface area contributed by atoms with Crippen molar-refractivity contribution < 1.29 is 0 Å². The van der Waals surface area contributed by atoms with Crippen LogP contribution in [-0.2, 0) is 0 Å². The third-order valence-corrected chi connectivity index (χ3v) is 4.23. The van der Waals surface area contributed by atoms with Gasteiger partial charge in [0.05, 0.1) is 0 Å². The zero-order valence-electron chi connectivity index (χ0n) is 8.87. The van der Waals surface area contributed by atoms with E-state index < -0.39 is 0 Å². The molecule has 0 bridgehead atoms. The average molecular weight is 186 g/mol. The molecule has 2 aliphatic rings. The first kappa shape index (κ1) is 8.52. The van der Waals surface area contributed by atoms with Crippen LogP contribution < -0.4 is 0 Å². The molecule has 1 aromatic carbocycles. The SMILES string of the molecule is CC1CCCCC2c3ccccc3C12. The topological polar surface area (TPSA) is 0 Å². The van der Waals surface area contributed by atoms with Gasteiger partial charge in [-0.1, -0.05) is 50.5 Å². The third-order valence-electron chi connectivity index (χ3n) is 4.23. The maximum absolute atomic E-state index is 2.44. The van der Waals surface area contributed by atoms with Gasteiger partial charge < -0.3 is 0 Å². The van der Waals surface area contributed by atoms with E-state index in [0.29, 0.717) is 0 Å². The van der Waals surface area contributed by atoms with Gasteiger partial charge in [0.2, 0.25) is 0 Å². The van der Waals surface area contributed by atoms with E-state index in [-0.39, 0.29) is 0 Å². The number of benzene rings is 1. The van der Waals surface area contributed by atoms with Gasteiger partial charge in [0.25, 0.3) is 0 Å². The van der Waals surface area contributed by atoms with E-state index >= 15 is 0 Å². The molecule has 0 heteroatoms. The molecule has 1 fully saturated rings. The lowest BCUT2D eigenvalue weighted by Gasteiger charge is -2.42. The van der Waals surface area contributed by atoms with E-state index in [0.717, 1.165) is 17.8 Å². The Bertz CT molecular complexity index is 340. The number of hydrogen-bond donors (Lipinski definition) is 0. The minimum atomic E-state index is 0.897. The summed E-state index contributed by atoms with van der Waals surface area (Å²) in [5.41, 5.74) is 3.32. The molecule has 0 radical (unpaired) electrons. The van der Waals surface area contributed by atoms with Gasteiger partial charge in [0.15, 0.2) is 0 Å². The lowest BCUT2D eigenvalue weighted by molar-refractivity contribution is 0.351. The quantitative estimate of drug-likeness (QED) is 0.572. The molecule has 0 saturated heterocycles. The molecule has 1 saturated carbocycles. The lowest BCUT2D eigenvalue weighted by Crippen LogP contribution is -2.27. The van der Waals surface area contributed by atoms with E-state index in [2.05, 4.69) is 31.2 Å². The zero-order valence-corrected chi connectivity index (χ0v) is 8.87. The van der Waals surface area contributed by atoms with Gasteiger partial charge in [-0.05, 0) is 35.3 Å². The molecule has 3 unspecified atom stereocenters. The monoisotopic (exact) mass is 186 g/mol. The van der Waals surface area contributed by atoms with Crippen LogP contribution in [0.4, 0.5) is 0 Å². The fraction of sp³-hybridized carbons (Fsp3) is 0.571. The summed E-state index contributed by atoms with van der Waals surface area (Å²) in [5.74, 6) is 2.72. The molecule has 0 aromatic heterocycles. The zero-order chi connectivity index (χ0) is 9.54. The molecule has 3 atom stereocenters. The van der Waals surface area contributed by atoms with Gasteiger partial charge in [-0.3, -0.25) is 0 Å². The second-order valence-electron chi connectivity index (χ2n) is 5.02. The Balaban J connectivity index is 2.00. The van der Waals surface area contributed by atoms with Crippen molar-refractivity contribution in [2.45, 2.75) is 44.4 Å². The van der Waals surface area contributed by atoms with Gasteiger partial charge in [-0.2, -0.15) is 0 Å². The summed E-state index contributed by atoms with van der Waals surface area (Å²) in [7, 11) is 0. The first-order valence-electron chi connectivity index (χ1n) is 5.97. The first-order valence-corrected chi connectivity index (χ1v) is 5.97. The number of hydrogen-bond acceptors (Lipinski definition) is 0. The Labute approximate surface area is 86.3 Å². The van der Waals surface area contributed by atoms with Crippen LogP contribution in [0, 0.1) is 5.92 Å².